The van der Waals surface area contributed by atoms with E-state index in [4.69, 9.17) is 22.1 Å². The topological polar surface area (TPSA) is 73.9 Å². The van der Waals surface area contributed by atoms with Crippen LogP contribution in [0, 0.1) is 13.8 Å². The van der Waals surface area contributed by atoms with Crippen molar-refractivity contribution >= 4 is 28.6 Å². The Morgan fingerprint density at radius 2 is 1.91 bits per heavy atom. The summed E-state index contributed by atoms with van der Waals surface area (Å²) in [6.07, 6.45) is 0. The molecule has 0 saturated carbocycles. The number of nitrogens with two attached hydrogens (primary N) is 1. The number of ether oxygens (including phenoxy) is 1. The average Bonchev–Trinajstić information content (AvgIpc) is 2.48. The maximum Gasteiger partial charge on any atom is 0.240 e. The molecule has 0 saturated heterocycles. The van der Waals surface area contributed by atoms with Crippen LogP contribution >= 0.6 is 11.6 Å². The molecule has 0 aliphatic rings. The number of halogens is 1. The molecule has 2 N–H and O–H groups in total. The zero-order chi connectivity index (χ0) is 15.9. The van der Waals surface area contributed by atoms with Gasteiger partial charge in [-0.05, 0) is 49.2 Å². The van der Waals surface area contributed by atoms with Crippen molar-refractivity contribution in [2.45, 2.75) is 13.8 Å². The van der Waals surface area contributed by atoms with E-state index in [1.165, 1.54) is 0 Å². The molecule has 3 rings (SSSR count). The van der Waals surface area contributed by atoms with Crippen LogP contribution in [0.5, 0.6) is 5.75 Å². The van der Waals surface area contributed by atoms with E-state index >= 15 is 0 Å². The number of hydrogen-bond acceptors (Lipinski definition) is 5. The van der Waals surface area contributed by atoms with Gasteiger partial charge in [0.2, 0.25) is 5.95 Å². The maximum atomic E-state index is 6.39. The standard InChI is InChI=1S/C16H15ClN4O/c1-8-6-10(7-12-15(8)19-16(18)21-20-12)14-9(2)13(22-3)5-4-11(14)17/h4-7H,1-3H3,(H2,18,19,21). The van der Waals surface area contributed by atoms with Crippen LogP contribution in [-0.2, 0) is 0 Å². The Bertz CT molecular complexity index is 880. The molecule has 0 aliphatic heterocycles. The lowest BCUT2D eigenvalue weighted by Gasteiger charge is -2.14. The van der Waals surface area contributed by atoms with Crippen molar-refractivity contribution in [3.63, 3.8) is 0 Å². The van der Waals surface area contributed by atoms with Gasteiger partial charge in [0, 0.05) is 16.1 Å². The molecule has 0 amide bonds. The van der Waals surface area contributed by atoms with Gasteiger partial charge < -0.3 is 10.5 Å². The van der Waals surface area contributed by atoms with Crippen molar-refractivity contribution in [3.8, 4) is 16.9 Å². The van der Waals surface area contributed by atoms with E-state index in [0.29, 0.717) is 10.5 Å². The van der Waals surface area contributed by atoms with Gasteiger partial charge in [-0.25, -0.2) is 4.98 Å². The molecule has 22 heavy (non-hydrogen) atoms. The molecular formula is C16H15ClN4O. The Kier molecular flexibility index (Phi) is 3.58. The molecule has 6 heteroatoms. The molecule has 0 radical (unpaired) electrons. The third-order valence-electron chi connectivity index (χ3n) is 3.64. The first-order valence-corrected chi connectivity index (χ1v) is 7.13. The van der Waals surface area contributed by atoms with Crippen LogP contribution in [0.4, 0.5) is 5.95 Å². The molecule has 0 spiro atoms. The molecule has 1 heterocycles. The van der Waals surface area contributed by atoms with Gasteiger partial charge in [0.05, 0.1) is 12.6 Å². The molecular weight excluding hydrogens is 300 g/mol. The van der Waals surface area contributed by atoms with Crippen LogP contribution in [0.3, 0.4) is 0 Å². The number of anilines is 1. The summed E-state index contributed by atoms with van der Waals surface area (Å²) in [5.41, 5.74) is 10.8. The molecule has 0 bridgehead atoms. The minimum Gasteiger partial charge on any atom is -0.496 e. The minimum absolute atomic E-state index is 0.166. The molecule has 112 valence electrons. The molecule has 2 aromatic carbocycles. The van der Waals surface area contributed by atoms with Gasteiger partial charge in [-0.3, -0.25) is 0 Å². The third kappa shape index (κ3) is 2.33. The first-order chi connectivity index (χ1) is 10.5. The predicted molar refractivity (Wildman–Crippen MR) is 88.2 cm³/mol. The van der Waals surface area contributed by atoms with Crippen molar-refractivity contribution in [3.05, 3.63) is 40.4 Å². The van der Waals surface area contributed by atoms with Gasteiger partial charge in [-0.2, -0.15) is 0 Å². The summed E-state index contributed by atoms with van der Waals surface area (Å²) in [5.74, 6) is 0.956. The van der Waals surface area contributed by atoms with Gasteiger partial charge in [-0.1, -0.05) is 11.6 Å². The molecule has 1 aromatic heterocycles. The Morgan fingerprint density at radius 3 is 2.64 bits per heavy atom. The van der Waals surface area contributed by atoms with E-state index in [0.717, 1.165) is 33.5 Å². The second kappa shape index (κ2) is 5.42. The van der Waals surface area contributed by atoms with Gasteiger partial charge in [-0.15, -0.1) is 10.2 Å². The normalized spacial score (nSPS) is 10.9. The van der Waals surface area contributed by atoms with Crippen LogP contribution < -0.4 is 10.5 Å². The lowest BCUT2D eigenvalue weighted by molar-refractivity contribution is 0.412. The van der Waals surface area contributed by atoms with Gasteiger partial charge >= 0.3 is 0 Å². The minimum atomic E-state index is 0.166. The number of methoxy groups -OCH3 is 1. The lowest BCUT2D eigenvalue weighted by Crippen LogP contribution is -1.99. The number of nitrogen functional groups attached to an aromatic ring is 1. The van der Waals surface area contributed by atoms with Crippen molar-refractivity contribution in [1.29, 1.82) is 0 Å². The van der Waals surface area contributed by atoms with Crippen molar-refractivity contribution in [2.24, 2.45) is 0 Å². The largest absolute Gasteiger partial charge is 0.496 e. The quantitative estimate of drug-likeness (QED) is 0.783. The fraction of sp³-hybridized carbons (Fsp3) is 0.188. The van der Waals surface area contributed by atoms with Crippen LogP contribution in [0.25, 0.3) is 22.2 Å². The van der Waals surface area contributed by atoms with E-state index in [1.54, 1.807) is 7.11 Å². The van der Waals surface area contributed by atoms with Crippen LogP contribution in [0.1, 0.15) is 11.1 Å². The number of hydrogen-bond donors (Lipinski definition) is 1. The van der Waals surface area contributed by atoms with Crippen molar-refractivity contribution < 1.29 is 4.74 Å². The second-order valence-electron chi connectivity index (χ2n) is 5.08. The highest BCUT2D eigenvalue weighted by Gasteiger charge is 2.14. The van der Waals surface area contributed by atoms with Crippen molar-refractivity contribution in [1.82, 2.24) is 15.2 Å². The molecule has 0 aliphatic carbocycles. The number of rotatable bonds is 2. The monoisotopic (exact) mass is 314 g/mol. The van der Waals surface area contributed by atoms with E-state index in [2.05, 4.69) is 15.2 Å². The van der Waals surface area contributed by atoms with Crippen LogP contribution in [0.15, 0.2) is 24.3 Å². The summed E-state index contributed by atoms with van der Waals surface area (Å²) < 4.78 is 5.38. The zero-order valence-electron chi connectivity index (χ0n) is 12.5. The molecule has 3 aromatic rings. The number of nitrogens with zero attached hydrogens (tertiary/aromatic N) is 3. The van der Waals surface area contributed by atoms with E-state index in [-0.39, 0.29) is 5.95 Å². The number of aryl methyl sites for hydroxylation is 1. The SMILES string of the molecule is COc1ccc(Cl)c(-c2cc(C)c3nc(N)nnc3c2)c1C. The van der Waals surface area contributed by atoms with Crippen LogP contribution in [-0.4, -0.2) is 22.3 Å². The summed E-state index contributed by atoms with van der Waals surface area (Å²) in [6, 6.07) is 7.62. The van der Waals surface area contributed by atoms with E-state index in [1.807, 2.05) is 38.1 Å². The van der Waals surface area contributed by atoms with Crippen molar-refractivity contribution in [2.75, 3.05) is 12.8 Å². The van der Waals surface area contributed by atoms with Gasteiger partial charge in [0.15, 0.2) is 0 Å². The fourth-order valence-corrected chi connectivity index (χ4v) is 2.92. The smallest absolute Gasteiger partial charge is 0.240 e. The van der Waals surface area contributed by atoms with E-state index < -0.39 is 0 Å². The summed E-state index contributed by atoms with van der Waals surface area (Å²) >= 11 is 6.39. The maximum absolute atomic E-state index is 6.39. The summed E-state index contributed by atoms with van der Waals surface area (Å²) in [6.45, 7) is 3.94. The second-order valence-corrected chi connectivity index (χ2v) is 5.49. The van der Waals surface area contributed by atoms with Gasteiger partial charge in [0.1, 0.15) is 11.3 Å². The average molecular weight is 315 g/mol. The zero-order valence-corrected chi connectivity index (χ0v) is 13.3. The first-order valence-electron chi connectivity index (χ1n) is 6.75. The Balaban J connectivity index is 2.30. The summed E-state index contributed by atoms with van der Waals surface area (Å²) in [5, 5.41) is 8.60. The number of benzene rings is 2. The number of fused-ring (bicyclic) bond motifs is 1. The number of aromatic nitrogens is 3. The molecule has 0 unspecified atom stereocenters. The highest BCUT2D eigenvalue weighted by molar-refractivity contribution is 6.33. The highest BCUT2D eigenvalue weighted by Crippen LogP contribution is 2.37. The highest BCUT2D eigenvalue weighted by atomic mass is 35.5. The van der Waals surface area contributed by atoms with E-state index in [9.17, 15) is 0 Å². The first kappa shape index (κ1) is 14.5. The third-order valence-corrected chi connectivity index (χ3v) is 3.95. The Hall–Kier alpha value is -2.40. The summed E-state index contributed by atoms with van der Waals surface area (Å²) in [4.78, 5) is 4.24. The summed E-state index contributed by atoms with van der Waals surface area (Å²) in [7, 11) is 1.64. The predicted octanol–water partition coefficient (Wildman–Crippen LogP) is 3.55. The fourth-order valence-electron chi connectivity index (χ4n) is 2.60. The Labute approximate surface area is 133 Å². The van der Waals surface area contributed by atoms with Gasteiger partial charge in [0.25, 0.3) is 0 Å². The lowest BCUT2D eigenvalue weighted by atomic mass is 9.97. The molecule has 0 atom stereocenters. The Morgan fingerprint density at radius 1 is 1.14 bits per heavy atom. The molecule has 5 nitrogen and oxygen atoms in total. The van der Waals surface area contributed by atoms with Crippen LogP contribution in [0.2, 0.25) is 5.02 Å². The molecule has 0 fully saturated rings.